The minimum Gasteiger partial charge on any atom is -0.480 e. The summed E-state index contributed by atoms with van der Waals surface area (Å²) in [6, 6.07) is 7.30. The van der Waals surface area contributed by atoms with Gasteiger partial charge in [-0.15, -0.1) is 0 Å². The number of nitrogens with two attached hydrogens (primary N) is 1. The van der Waals surface area contributed by atoms with Crippen LogP contribution in [0.4, 0.5) is 0 Å². The molecule has 0 spiro atoms. The van der Waals surface area contributed by atoms with Crippen LogP contribution in [0.5, 0.6) is 0 Å². The SMILES string of the molecule is CSCCC(NC(=O)C(Cc1ccccc1)NC(=O)CN)C(=O)O. The molecule has 24 heavy (non-hydrogen) atoms. The second-order valence-electron chi connectivity index (χ2n) is 5.19. The Balaban J connectivity index is 2.81. The first-order valence-corrected chi connectivity index (χ1v) is 8.92. The van der Waals surface area contributed by atoms with Crippen LogP contribution in [0.1, 0.15) is 12.0 Å². The third kappa shape index (κ3) is 7.01. The number of amides is 2. The molecule has 132 valence electrons. The van der Waals surface area contributed by atoms with Gasteiger partial charge in [-0.25, -0.2) is 4.79 Å². The van der Waals surface area contributed by atoms with Gasteiger partial charge in [0.25, 0.3) is 0 Å². The number of thioether (sulfide) groups is 1. The molecule has 0 radical (unpaired) electrons. The van der Waals surface area contributed by atoms with Crippen LogP contribution in [0, 0.1) is 0 Å². The lowest BCUT2D eigenvalue weighted by Crippen LogP contribution is -2.53. The first-order chi connectivity index (χ1) is 11.5. The smallest absolute Gasteiger partial charge is 0.326 e. The van der Waals surface area contributed by atoms with Gasteiger partial charge in [-0.1, -0.05) is 30.3 Å². The highest BCUT2D eigenvalue weighted by Gasteiger charge is 2.26. The summed E-state index contributed by atoms with van der Waals surface area (Å²) in [7, 11) is 0. The molecule has 0 aromatic heterocycles. The first-order valence-electron chi connectivity index (χ1n) is 7.53. The number of carbonyl (C=O) groups excluding carboxylic acids is 2. The Labute approximate surface area is 145 Å². The second-order valence-corrected chi connectivity index (χ2v) is 6.18. The molecule has 0 aliphatic rings. The van der Waals surface area contributed by atoms with Gasteiger partial charge in [0.05, 0.1) is 6.54 Å². The predicted molar refractivity (Wildman–Crippen MR) is 93.7 cm³/mol. The molecule has 1 aromatic rings. The van der Waals surface area contributed by atoms with E-state index in [1.807, 2.05) is 36.6 Å². The summed E-state index contributed by atoms with van der Waals surface area (Å²) in [5.41, 5.74) is 6.14. The summed E-state index contributed by atoms with van der Waals surface area (Å²) in [5, 5.41) is 14.3. The number of carboxylic acids is 1. The largest absolute Gasteiger partial charge is 0.480 e. The Morgan fingerprint density at radius 3 is 2.38 bits per heavy atom. The lowest BCUT2D eigenvalue weighted by molar-refractivity contribution is -0.142. The third-order valence-electron chi connectivity index (χ3n) is 3.34. The molecule has 0 bridgehead atoms. The fourth-order valence-corrected chi connectivity index (χ4v) is 2.55. The molecule has 1 rings (SSSR count). The lowest BCUT2D eigenvalue weighted by Gasteiger charge is -2.21. The van der Waals surface area contributed by atoms with Gasteiger partial charge in [-0.2, -0.15) is 11.8 Å². The monoisotopic (exact) mass is 353 g/mol. The fourth-order valence-electron chi connectivity index (χ4n) is 2.08. The predicted octanol–water partition coefficient (Wildman–Crippen LogP) is -0.00490. The van der Waals surface area contributed by atoms with Crippen molar-refractivity contribution in [3.05, 3.63) is 35.9 Å². The van der Waals surface area contributed by atoms with Crippen molar-refractivity contribution in [1.29, 1.82) is 0 Å². The molecule has 8 heteroatoms. The Kier molecular flexibility index (Phi) is 8.88. The second kappa shape index (κ2) is 10.7. The van der Waals surface area contributed by atoms with Crippen molar-refractivity contribution in [3.8, 4) is 0 Å². The number of hydrogen-bond acceptors (Lipinski definition) is 5. The van der Waals surface area contributed by atoms with Crippen LogP contribution in [-0.4, -0.2) is 53.5 Å². The fraction of sp³-hybridized carbons (Fsp3) is 0.438. The molecule has 2 unspecified atom stereocenters. The summed E-state index contributed by atoms with van der Waals surface area (Å²) in [6.07, 6.45) is 2.43. The average molecular weight is 353 g/mol. The van der Waals surface area contributed by atoms with Crippen molar-refractivity contribution >= 4 is 29.5 Å². The number of rotatable bonds is 10. The molecule has 0 aliphatic carbocycles. The van der Waals surface area contributed by atoms with Gasteiger partial charge in [0.1, 0.15) is 12.1 Å². The molecule has 0 saturated carbocycles. The van der Waals surface area contributed by atoms with Crippen LogP contribution >= 0.6 is 11.8 Å². The van der Waals surface area contributed by atoms with Crippen LogP contribution in [0.15, 0.2) is 30.3 Å². The maximum atomic E-state index is 12.4. The standard InChI is InChI=1S/C16H23N3O4S/c1-24-8-7-12(16(22)23)19-15(21)13(18-14(20)10-17)9-11-5-3-2-4-6-11/h2-6,12-13H,7-10,17H2,1H3,(H,18,20)(H,19,21)(H,22,23). The van der Waals surface area contributed by atoms with Crippen molar-refractivity contribution in [2.45, 2.75) is 24.9 Å². The van der Waals surface area contributed by atoms with Crippen molar-refractivity contribution in [3.63, 3.8) is 0 Å². The van der Waals surface area contributed by atoms with Crippen LogP contribution in [0.25, 0.3) is 0 Å². The highest BCUT2D eigenvalue weighted by molar-refractivity contribution is 7.98. The van der Waals surface area contributed by atoms with Gasteiger partial charge in [0.2, 0.25) is 11.8 Å². The van der Waals surface area contributed by atoms with E-state index < -0.39 is 29.9 Å². The van der Waals surface area contributed by atoms with E-state index in [1.54, 1.807) is 0 Å². The zero-order valence-electron chi connectivity index (χ0n) is 13.5. The first kappa shape index (κ1) is 20.0. The summed E-state index contributed by atoms with van der Waals surface area (Å²) < 4.78 is 0. The highest BCUT2D eigenvalue weighted by Crippen LogP contribution is 2.06. The number of aliphatic carboxylic acids is 1. The van der Waals surface area contributed by atoms with E-state index in [4.69, 9.17) is 5.73 Å². The van der Waals surface area contributed by atoms with E-state index in [9.17, 15) is 19.5 Å². The zero-order valence-corrected chi connectivity index (χ0v) is 14.3. The molecule has 0 fully saturated rings. The van der Waals surface area contributed by atoms with Gasteiger partial charge in [0.15, 0.2) is 0 Å². The molecular weight excluding hydrogens is 330 g/mol. The highest BCUT2D eigenvalue weighted by atomic mass is 32.2. The summed E-state index contributed by atoms with van der Waals surface area (Å²) >= 11 is 1.50. The number of carbonyl (C=O) groups is 3. The van der Waals surface area contributed by atoms with Gasteiger partial charge >= 0.3 is 5.97 Å². The topological polar surface area (TPSA) is 122 Å². The van der Waals surface area contributed by atoms with E-state index in [-0.39, 0.29) is 13.0 Å². The number of hydrogen-bond donors (Lipinski definition) is 4. The minimum atomic E-state index is -1.10. The van der Waals surface area contributed by atoms with Gasteiger partial charge in [0, 0.05) is 6.42 Å². The minimum absolute atomic E-state index is 0.243. The molecule has 5 N–H and O–H groups in total. The Hall–Kier alpha value is -2.06. The van der Waals surface area contributed by atoms with Crippen LogP contribution in [0.2, 0.25) is 0 Å². The normalized spacial score (nSPS) is 12.9. The van der Waals surface area contributed by atoms with E-state index in [2.05, 4.69) is 10.6 Å². The van der Waals surface area contributed by atoms with Crippen LogP contribution < -0.4 is 16.4 Å². The number of benzene rings is 1. The van der Waals surface area contributed by atoms with E-state index in [0.717, 1.165) is 5.56 Å². The molecular formula is C16H23N3O4S. The van der Waals surface area contributed by atoms with E-state index in [1.165, 1.54) is 11.8 Å². The summed E-state index contributed by atoms with van der Waals surface area (Å²) in [4.78, 5) is 35.3. The van der Waals surface area contributed by atoms with E-state index >= 15 is 0 Å². The number of nitrogens with one attached hydrogen (secondary N) is 2. The Bertz CT molecular complexity index is 554. The summed E-state index contributed by atoms with van der Waals surface area (Å²) in [6.45, 7) is -0.243. The lowest BCUT2D eigenvalue weighted by atomic mass is 10.0. The van der Waals surface area contributed by atoms with Crippen molar-refractivity contribution in [1.82, 2.24) is 10.6 Å². The molecule has 1 aromatic carbocycles. The van der Waals surface area contributed by atoms with Gasteiger partial charge in [-0.3, -0.25) is 9.59 Å². The van der Waals surface area contributed by atoms with Crippen LogP contribution in [0.3, 0.4) is 0 Å². The molecule has 7 nitrogen and oxygen atoms in total. The summed E-state index contributed by atoms with van der Waals surface area (Å²) in [5.74, 6) is -1.49. The Morgan fingerprint density at radius 2 is 1.83 bits per heavy atom. The molecule has 0 saturated heterocycles. The molecule has 0 heterocycles. The quantitative estimate of drug-likeness (QED) is 0.470. The molecule has 0 aliphatic heterocycles. The van der Waals surface area contributed by atoms with Crippen molar-refractivity contribution in [2.75, 3.05) is 18.6 Å². The van der Waals surface area contributed by atoms with Crippen molar-refractivity contribution < 1.29 is 19.5 Å². The maximum absolute atomic E-state index is 12.4. The maximum Gasteiger partial charge on any atom is 0.326 e. The van der Waals surface area contributed by atoms with Crippen LogP contribution in [-0.2, 0) is 20.8 Å². The zero-order chi connectivity index (χ0) is 17.9. The average Bonchev–Trinajstić information content (AvgIpc) is 2.58. The van der Waals surface area contributed by atoms with Gasteiger partial charge in [-0.05, 0) is 24.0 Å². The van der Waals surface area contributed by atoms with Crippen molar-refractivity contribution in [2.24, 2.45) is 5.73 Å². The third-order valence-corrected chi connectivity index (χ3v) is 3.99. The van der Waals surface area contributed by atoms with Gasteiger partial charge < -0.3 is 21.5 Å². The molecule has 2 amide bonds. The van der Waals surface area contributed by atoms with E-state index in [0.29, 0.717) is 12.2 Å². The molecule has 2 atom stereocenters. The Morgan fingerprint density at radius 1 is 1.17 bits per heavy atom. The number of carboxylic acid groups (broad SMARTS) is 1.